The third-order valence-corrected chi connectivity index (χ3v) is 7.93. The number of halogens is 2. The molecule has 1 saturated heterocycles. The molecule has 29 heavy (non-hydrogen) atoms. The lowest BCUT2D eigenvalue weighted by atomic mass is 9.74. The first-order chi connectivity index (χ1) is 14.0. The second-order valence-electron chi connectivity index (χ2n) is 8.58. The highest BCUT2D eigenvalue weighted by molar-refractivity contribution is 9.09. The van der Waals surface area contributed by atoms with Crippen LogP contribution in [0.4, 0.5) is 0 Å². The van der Waals surface area contributed by atoms with E-state index in [9.17, 15) is 9.59 Å². The van der Waals surface area contributed by atoms with Crippen molar-refractivity contribution in [2.45, 2.75) is 77.3 Å². The van der Waals surface area contributed by atoms with Crippen molar-refractivity contribution in [3.05, 3.63) is 34.4 Å². The number of nitrogens with one attached hydrogen (secondary N) is 1. The van der Waals surface area contributed by atoms with Crippen molar-refractivity contribution >= 4 is 43.4 Å². The van der Waals surface area contributed by atoms with Crippen molar-refractivity contribution in [2.24, 2.45) is 11.8 Å². The van der Waals surface area contributed by atoms with Gasteiger partial charge in [-0.2, -0.15) is 0 Å². The van der Waals surface area contributed by atoms with Crippen molar-refractivity contribution < 1.29 is 9.59 Å². The van der Waals surface area contributed by atoms with Gasteiger partial charge in [0.2, 0.25) is 0 Å². The minimum Gasteiger partial charge on any atom is -0.303 e. The largest absolute Gasteiger partial charge is 0.303 e. The van der Waals surface area contributed by atoms with Crippen molar-refractivity contribution in [3.8, 4) is 0 Å². The van der Waals surface area contributed by atoms with Crippen LogP contribution in [0.25, 0.3) is 0 Å². The van der Waals surface area contributed by atoms with Crippen molar-refractivity contribution in [2.75, 3.05) is 10.7 Å². The summed E-state index contributed by atoms with van der Waals surface area (Å²) in [6.07, 6.45) is 6.40. The number of carbonyl (C=O) groups excluding carboxylic acids is 2. The van der Waals surface area contributed by atoms with Gasteiger partial charge in [0.15, 0.2) is 5.78 Å². The molecule has 3 atom stereocenters. The number of alkyl halides is 2. The van der Waals surface area contributed by atoms with Gasteiger partial charge in [-0.05, 0) is 67.1 Å². The van der Waals surface area contributed by atoms with Crippen LogP contribution in [0, 0.1) is 11.8 Å². The topological polar surface area (TPSA) is 46.2 Å². The van der Waals surface area contributed by atoms with Gasteiger partial charge in [-0.1, -0.05) is 64.8 Å². The predicted octanol–water partition coefficient (Wildman–Crippen LogP) is 6.64. The SMILES string of the molecule is CC.CC1CC2NC(C1)c1c(C3CCC(C(=O)CBr)CC3)ccc(C(=O)CBr)c12. The van der Waals surface area contributed by atoms with Crippen LogP contribution in [0.5, 0.6) is 0 Å². The third kappa shape index (κ3) is 4.57. The summed E-state index contributed by atoms with van der Waals surface area (Å²) in [5.74, 6) is 1.96. The van der Waals surface area contributed by atoms with Gasteiger partial charge in [0.05, 0.1) is 10.7 Å². The molecular formula is C24H33Br2NO2. The third-order valence-electron chi connectivity index (χ3n) is 6.87. The van der Waals surface area contributed by atoms with Crippen LogP contribution in [-0.2, 0) is 4.79 Å². The van der Waals surface area contributed by atoms with Gasteiger partial charge in [0.1, 0.15) is 5.78 Å². The molecule has 2 bridgehead atoms. The average molecular weight is 527 g/mol. The molecule has 3 nitrogen and oxygen atoms in total. The summed E-state index contributed by atoms with van der Waals surface area (Å²) in [5.41, 5.74) is 5.05. The number of ketones is 2. The lowest BCUT2D eigenvalue weighted by Crippen LogP contribution is -2.27. The number of fused-ring (bicyclic) bond motifs is 5. The van der Waals surface area contributed by atoms with E-state index in [0.29, 0.717) is 40.4 Å². The molecule has 2 fully saturated rings. The normalized spacial score (nSPS) is 30.2. The summed E-state index contributed by atoms with van der Waals surface area (Å²) in [6.45, 7) is 6.33. The summed E-state index contributed by atoms with van der Waals surface area (Å²) >= 11 is 6.68. The highest BCUT2D eigenvalue weighted by Gasteiger charge is 2.41. The molecule has 0 radical (unpaired) electrons. The monoisotopic (exact) mass is 525 g/mol. The first-order valence-corrected chi connectivity index (χ1v) is 13.4. The van der Waals surface area contributed by atoms with Crippen LogP contribution in [-0.4, -0.2) is 22.2 Å². The van der Waals surface area contributed by atoms with Crippen LogP contribution in [0.2, 0.25) is 0 Å². The number of carbonyl (C=O) groups is 2. The first kappa shape index (κ1) is 23.1. The molecule has 5 heteroatoms. The van der Waals surface area contributed by atoms with E-state index in [1.165, 1.54) is 16.7 Å². The zero-order chi connectivity index (χ0) is 21.1. The molecule has 160 valence electrons. The van der Waals surface area contributed by atoms with Crippen molar-refractivity contribution in [1.29, 1.82) is 0 Å². The van der Waals surface area contributed by atoms with Gasteiger partial charge < -0.3 is 5.32 Å². The van der Waals surface area contributed by atoms with E-state index in [1.807, 2.05) is 13.8 Å². The molecular weight excluding hydrogens is 494 g/mol. The van der Waals surface area contributed by atoms with E-state index >= 15 is 0 Å². The van der Waals surface area contributed by atoms with E-state index in [2.05, 4.69) is 56.2 Å². The Morgan fingerprint density at radius 2 is 1.59 bits per heavy atom. The molecule has 2 aliphatic heterocycles. The lowest BCUT2D eigenvalue weighted by molar-refractivity contribution is -0.121. The molecule has 1 aromatic carbocycles. The molecule has 3 aliphatic rings. The fraction of sp³-hybridized carbons (Fsp3) is 0.667. The fourth-order valence-corrected chi connectivity index (χ4v) is 6.37. The van der Waals surface area contributed by atoms with Crippen LogP contribution in [0.3, 0.4) is 0 Å². The maximum absolute atomic E-state index is 12.6. The van der Waals surface area contributed by atoms with E-state index in [0.717, 1.165) is 44.1 Å². The maximum Gasteiger partial charge on any atom is 0.173 e. The molecule has 1 N–H and O–H groups in total. The van der Waals surface area contributed by atoms with Crippen molar-refractivity contribution in [3.63, 3.8) is 0 Å². The van der Waals surface area contributed by atoms with Gasteiger partial charge in [-0.15, -0.1) is 0 Å². The Kier molecular flexibility index (Phi) is 8.14. The average Bonchev–Trinajstić information content (AvgIpc) is 3.04. The zero-order valence-corrected chi connectivity index (χ0v) is 20.9. The molecule has 1 aromatic rings. The molecule has 3 unspecified atom stereocenters. The quantitative estimate of drug-likeness (QED) is 0.345. The minimum absolute atomic E-state index is 0.187. The van der Waals surface area contributed by atoms with Crippen LogP contribution in [0.1, 0.15) is 104 Å². The zero-order valence-electron chi connectivity index (χ0n) is 17.8. The molecule has 1 aliphatic carbocycles. The molecule has 2 heterocycles. The Labute approximate surface area is 192 Å². The summed E-state index contributed by atoms with van der Waals surface area (Å²) < 4.78 is 0. The lowest BCUT2D eigenvalue weighted by Gasteiger charge is -2.31. The smallest absolute Gasteiger partial charge is 0.173 e. The van der Waals surface area contributed by atoms with E-state index < -0.39 is 0 Å². The number of benzene rings is 1. The first-order valence-electron chi connectivity index (χ1n) is 11.1. The van der Waals surface area contributed by atoms with Gasteiger partial charge >= 0.3 is 0 Å². The highest BCUT2D eigenvalue weighted by atomic mass is 79.9. The van der Waals surface area contributed by atoms with Crippen LogP contribution in [0.15, 0.2) is 12.1 Å². The van der Waals surface area contributed by atoms with E-state index in [1.54, 1.807) is 0 Å². The molecule has 0 aromatic heterocycles. The maximum atomic E-state index is 12.6. The number of rotatable bonds is 5. The summed E-state index contributed by atoms with van der Waals surface area (Å²) in [5, 5.41) is 4.65. The van der Waals surface area contributed by atoms with Crippen LogP contribution < -0.4 is 5.32 Å². The number of hydrogen-bond donors (Lipinski definition) is 1. The number of piperidine rings is 1. The van der Waals surface area contributed by atoms with E-state index in [-0.39, 0.29) is 11.7 Å². The fourth-order valence-electron chi connectivity index (χ4n) is 5.61. The Morgan fingerprint density at radius 3 is 2.17 bits per heavy atom. The molecule has 1 saturated carbocycles. The van der Waals surface area contributed by atoms with Crippen LogP contribution >= 0.6 is 31.9 Å². The standard InChI is InChI=1S/C22H27Br2NO2.C2H6/c1-12-8-17-21-15(13-2-4-14(5-3-13)19(26)10-23)6-7-16(20(27)11-24)22(21)18(9-12)25-17;1-2/h6-7,12-14,17-18,25H,2-5,8-11H2,1H3;1-2H3. The molecule has 4 rings (SSSR count). The Morgan fingerprint density at radius 1 is 0.966 bits per heavy atom. The van der Waals surface area contributed by atoms with Gasteiger partial charge in [-0.3, -0.25) is 9.59 Å². The Balaban J connectivity index is 0.00000117. The second-order valence-corrected chi connectivity index (χ2v) is 9.70. The molecule has 0 spiro atoms. The Bertz CT molecular complexity index is 755. The summed E-state index contributed by atoms with van der Waals surface area (Å²) in [6, 6.07) is 4.99. The van der Waals surface area contributed by atoms with Crippen molar-refractivity contribution in [1.82, 2.24) is 5.32 Å². The second kappa shape index (κ2) is 10.2. The molecule has 0 amide bonds. The summed E-state index contributed by atoms with van der Waals surface area (Å²) in [7, 11) is 0. The van der Waals surface area contributed by atoms with Gasteiger partial charge in [0.25, 0.3) is 0 Å². The Hall–Kier alpha value is -0.520. The number of hydrogen-bond acceptors (Lipinski definition) is 3. The van der Waals surface area contributed by atoms with E-state index in [4.69, 9.17) is 0 Å². The minimum atomic E-state index is 0.187. The summed E-state index contributed by atoms with van der Waals surface area (Å²) in [4.78, 5) is 24.6. The van der Waals surface area contributed by atoms with Gasteiger partial charge in [0, 0.05) is 23.6 Å². The number of Topliss-reactive ketones (excluding diaryl/α,β-unsaturated/α-hetero) is 2. The van der Waals surface area contributed by atoms with Gasteiger partial charge in [-0.25, -0.2) is 0 Å². The predicted molar refractivity (Wildman–Crippen MR) is 126 cm³/mol. The highest BCUT2D eigenvalue weighted by Crippen LogP contribution is 2.51.